The Morgan fingerprint density at radius 3 is 2.34 bits per heavy atom. The predicted molar refractivity (Wildman–Crippen MR) is 117 cm³/mol. The molecule has 0 fully saturated rings. The van der Waals surface area contributed by atoms with E-state index in [2.05, 4.69) is 5.32 Å². The van der Waals surface area contributed by atoms with Gasteiger partial charge in [-0.2, -0.15) is 0 Å². The number of benzene rings is 3. The molecule has 5 heteroatoms. The van der Waals surface area contributed by atoms with Crippen molar-refractivity contribution in [2.45, 2.75) is 33.1 Å². The number of aryl methyl sites for hydroxylation is 2. The summed E-state index contributed by atoms with van der Waals surface area (Å²) >= 11 is 0. The number of nitrogens with one attached hydrogen (secondary N) is 1. The second-order valence-electron chi connectivity index (χ2n) is 7.13. The number of phenols is 1. The third-order valence-electron chi connectivity index (χ3n) is 4.86. The average molecular weight is 390 g/mol. The SMILES string of the molecule is CCC(C(=O)Nc1cc(Oc2c(C)cc(N)cc2C)ccc1O)c1ccccc1. The van der Waals surface area contributed by atoms with Crippen LogP contribution in [0, 0.1) is 13.8 Å². The Morgan fingerprint density at radius 2 is 1.72 bits per heavy atom. The Hall–Kier alpha value is -3.47. The normalized spacial score (nSPS) is 11.7. The van der Waals surface area contributed by atoms with Crippen molar-refractivity contribution in [2.24, 2.45) is 0 Å². The first-order valence-electron chi connectivity index (χ1n) is 9.62. The molecule has 0 aliphatic carbocycles. The van der Waals surface area contributed by atoms with Gasteiger partial charge in [0.15, 0.2) is 0 Å². The topological polar surface area (TPSA) is 84.6 Å². The van der Waals surface area contributed by atoms with E-state index in [1.54, 1.807) is 12.1 Å². The first-order valence-corrected chi connectivity index (χ1v) is 9.62. The molecule has 0 bridgehead atoms. The molecule has 150 valence electrons. The molecule has 3 aromatic rings. The van der Waals surface area contributed by atoms with Crippen molar-refractivity contribution in [3.8, 4) is 17.2 Å². The Morgan fingerprint density at radius 1 is 1.07 bits per heavy atom. The van der Waals surface area contributed by atoms with Gasteiger partial charge in [-0.25, -0.2) is 0 Å². The van der Waals surface area contributed by atoms with Crippen LogP contribution in [0.15, 0.2) is 60.7 Å². The number of aromatic hydroxyl groups is 1. The highest BCUT2D eigenvalue weighted by Crippen LogP contribution is 2.35. The summed E-state index contributed by atoms with van der Waals surface area (Å²) in [4.78, 5) is 12.8. The second kappa shape index (κ2) is 8.69. The van der Waals surface area contributed by atoms with E-state index in [1.807, 2.05) is 63.2 Å². The lowest BCUT2D eigenvalue weighted by Crippen LogP contribution is -2.20. The van der Waals surface area contributed by atoms with Gasteiger partial charge in [0.05, 0.1) is 11.6 Å². The Labute approximate surface area is 171 Å². The quantitative estimate of drug-likeness (QED) is 0.382. The smallest absolute Gasteiger partial charge is 0.232 e. The van der Waals surface area contributed by atoms with Crippen LogP contribution in [0.2, 0.25) is 0 Å². The number of carbonyl (C=O) groups excluding carboxylic acids is 1. The zero-order chi connectivity index (χ0) is 21.0. The third-order valence-corrected chi connectivity index (χ3v) is 4.86. The fraction of sp³-hybridized carbons (Fsp3) is 0.208. The summed E-state index contributed by atoms with van der Waals surface area (Å²) < 4.78 is 6.03. The van der Waals surface area contributed by atoms with Gasteiger partial charge < -0.3 is 20.9 Å². The lowest BCUT2D eigenvalue weighted by molar-refractivity contribution is -0.117. The van der Waals surface area contributed by atoms with Crippen molar-refractivity contribution in [2.75, 3.05) is 11.1 Å². The molecule has 3 rings (SSSR count). The van der Waals surface area contributed by atoms with Gasteiger partial charge in [-0.05, 0) is 61.2 Å². The number of rotatable bonds is 6. The first kappa shape index (κ1) is 20.3. The molecular weight excluding hydrogens is 364 g/mol. The molecule has 5 nitrogen and oxygen atoms in total. The molecule has 0 saturated carbocycles. The number of amides is 1. The number of hydrogen-bond acceptors (Lipinski definition) is 4. The van der Waals surface area contributed by atoms with Gasteiger partial charge in [0, 0.05) is 11.8 Å². The van der Waals surface area contributed by atoms with Gasteiger partial charge in [0.2, 0.25) is 5.91 Å². The number of anilines is 2. The van der Waals surface area contributed by atoms with Crippen LogP contribution < -0.4 is 15.8 Å². The fourth-order valence-electron chi connectivity index (χ4n) is 3.42. The summed E-state index contributed by atoms with van der Waals surface area (Å²) in [6.45, 7) is 5.81. The molecule has 0 aliphatic rings. The standard InChI is InChI=1S/C24H26N2O3/c1-4-20(17-8-6-5-7-9-17)24(28)26-21-14-19(10-11-22(21)27)29-23-15(2)12-18(25)13-16(23)3/h5-14,20,27H,4,25H2,1-3H3,(H,26,28). The van der Waals surface area contributed by atoms with E-state index in [9.17, 15) is 9.90 Å². The molecule has 29 heavy (non-hydrogen) atoms. The van der Waals surface area contributed by atoms with Gasteiger partial charge in [-0.1, -0.05) is 37.3 Å². The Bertz CT molecular complexity index is 993. The minimum absolute atomic E-state index is 0.0145. The largest absolute Gasteiger partial charge is 0.506 e. The maximum Gasteiger partial charge on any atom is 0.232 e. The van der Waals surface area contributed by atoms with Crippen LogP contribution in [0.5, 0.6) is 17.2 Å². The van der Waals surface area contributed by atoms with Gasteiger partial charge in [-0.3, -0.25) is 4.79 Å². The molecule has 0 spiro atoms. The lowest BCUT2D eigenvalue weighted by atomic mass is 9.95. The molecule has 0 aromatic heterocycles. The van der Waals surface area contributed by atoms with Gasteiger partial charge in [0.1, 0.15) is 17.2 Å². The van der Waals surface area contributed by atoms with E-state index in [0.29, 0.717) is 29.3 Å². The van der Waals surface area contributed by atoms with Crippen LogP contribution in [-0.4, -0.2) is 11.0 Å². The molecule has 0 saturated heterocycles. The van der Waals surface area contributed by atoms with Gasteiger partial charge in [0.25, 0.3) is 0 Å². The lowest BCUT2D eigenvalue weighted by Gasteiger charge is -2.17. The summed E-state index contributed by atoms with van der Waals surface area (Å²) in [6.07, 6.45) is 0.649. The zero-order valence-corrected chi connectivity index (χ0v) is 16.9. The number of hydrogen-bond donors (Lipinski definition) is 3. The van der Waals surface area contributed by atoms with Crippen LogP contribution in [0.4, 0.5) is 11.4 Å². The molecule has 4 N–H and O–H groups in total. The van der Waals surface area contributed by atoms with E-state index in [-0.39, 0.29) is 17.6 Å². The first-order chi connectivity index (χ1) is 13.9. The predicted octanol–water partition coefficient (Wildman–Crippen LogP) is 5.52. The molecule has 0 aliphatic heterocycles. The van der Waals surface area contributed by atoms with Crippen molar-refractivity contribution in [3.05, 3.63) is 77.4 Å². The summed E-state index contributed by atoms with van der Waals surface area (Å²) in [6, 6.07) is 18.1. The van der Waals surface area contributed by atoms with E-state index in [4.69, 9.17) is 10.5 Å². The van der Waals surface area contributed by atoms with Gasteiger partial charge >= 0.3 is 0 Å². The number of ether oxygens (including phenoxy) is 1. The van der Waals surface area contributed by atoms with Gasteiger partial charge in [-0.15, -0.1) is 0 Å². The van der Waals surface area contributed by atoms with Crippen molar-refractivity contribution in [1.29, 1.82) is 0 Å². The number of carbonyl (C=O) groups is 1. The Balaban J connectivity index is 1.83. The van der Waals surface area contributed by atoms with Crippen LogP contribution >= 0.6 is 0 Å². The fourth-order valence-corrected chi connectivity index (χ4v) is 3.42. The molecule has 0 heterocycles. The number of phenolic OH excluding ortho intramolecular Hbond substituents is 1. The summed E-state index contributed by atoms with van der Waals surface area (Å²) in [7, 11) is 0. The highest BCUT2D eigenvalue weighted by molar-refractivity contribution is 5.97. The number of nitrogen functional groups attached to an aromatic ring is 1. The van der Waals surface area contributed by atoms with Crippen molar-refractivity contribution in [1.82, 2.24) is 0 Å². The molecule has 1 atom stereocenters. The zero-order valence-electron chi connectivity index (χ0n) is 16.9. The number of nitrogens with two attached hydrogens (primary N) is 1. The van der Waals surface area contributed by atoms with E-state index >= 15 is 0 Å². The van der Waals surface area contributed by atoms with Crippen molar-refractivity contribution < 1.29 is 14.6 Å². The summed E-state index contributed by atoms with van der Waals surface area (Å²) in [5.41, 5.74) is 9.63. The van der Waals surface area contributed by atoms with Crippen molar-refractivity contribution >= 4 is 17.3 Å². The highest BCUT2D eigenvalue weighted by atomic mass is 16.5. The minimum Gasteiger partial charge on any atom is -0.506 e. The average Bonchev–Trinajstić information content (AvgIpc) is 2.68. The van der Waals surface area contributed by atoms with E-state index in [0.717, 1.165) is 16.7 Å². The summed E-state index contributed by atoms with van der Waals surface area (Å²) in [5.74, 6) is 0.729. The maximum atomic E-state index is 12.8. The van der Waals surface area contributed by atoms with Crippen LogP contribution in [0.3, 0.4) is 0 Å². The van der Waals surface area contributed by atoms with E-state index < -0.39 is 0 Å². The monoisotopic (exact) mass is 390 g/mol. The molecular formula is C24H26N2O3. The van der Waals surface area contributed by atoms with Crippen LogP contribution in [0.25, 0.3) is 0 Å². The van der Waals surface area contributed by atoms with E-state index in [1.165, 1.54) is 6.07 Å². The molecule has 1 amide bonds. The minimum atomic E-state index is -0.304. The molecule has 0 radical (unpaired) electrons. The molecule has 1 unspecified atom stereocenters. The Kier molecular flexibility index (Phi) is 6.07. The third kappa shape index (κ3) is 4.69. The highest BCUT2D eigenvalue weighted by Gasteiger charge is 2.20. The maximum absolute atomic E-state index is 12.8. The second-order valence-corrected chi connectivity index (χ2v) is 7.13. The van der Waals surface area contributed by atoms with Crippen LogP contribution in [-0.2, 0) is 4.79 Å². The molecule has 3 aromatic carbocycles. The van der Waals surface area contributed by atoms with Crippen LogP contribution in [0.1, 0.15) is 36.0 Å². The van der Waals surface area contributed by atoms with Crippen molar-refractivity contribution in [3.63, 3.8) is 0 Å². The summed E-state index contributed by atoms with van der Waals surface area (Å²) in [5, 5.41) is 13.1.